The molecule has 1 atom stereocenters. The summed E-state index contributed by atoms with van der Waals surface area (Å²) in [4.78, 5) is 27.8. The van der Waals surface area contributed by atoms with E-state index in [2.05, 4.69) is 15.0 Å². The first kappa shape index (κ1) is 17.2. The van der Waals surface area contributed by atoms with Gasteiger partial charge in [-0.1, -0.05) is 22.9 Å². The highest BCUT2D eigenvalue weighted by molar-refractivity contribution is 7.17. The van der Waals surface area contributed by atoms with Gasteiger partial charge in [0.05, 0.1) is 13.3 Å². The number of halogens is 1. The number of carbonyl (C=O) groups excluding carboxylic acids is 2. The number of ether oxygens (including phenoxy) is 2. The standard InChI is InChI=1S/C15H15ClN2O4S/c1-8-6-10(16)4-5-11(8)22-9(2)13(19)18-15-17-7-12(23-15)14(20)21-3/h4-7,9H,1-3H3,(H,17,18,19). The minimum absolute atomic E-state index is 0.304. The van der Waals surface area contributed by atoms with Crippen molar-refractivity contribution in [2.24, 2.45) is 0 Å². The van der Waals surface area contributed by atoms with Gasteiger partial charge in [0.25, 0.3) is 5.91 Å². The first-order chi connectivity index (χ1) is 10.9. The minimum atomic E-state index is -0.736. The second-order valence-electron chi connectivity index (χ2n) is 4.68. The van der Waals surface area contributed by atoms with Crippen LogP contribution in [-0.4, -0.2) is 30.1 Å². The lowest BCUT2D eigenvalue weighted by atomic mass is 10.2. The maximum Gasteiger partial charge on any atom is 0.349 e. The number of methoxy groups -OCH3 is 1. The fraction of sp³-hybridized carbons (Fsp3) is 0.267. The molecule has 0 saturated carbocycles. The second-order valence-corrected chi connectivity index (χ2v) is 6.15. The molecule has 2 aromatic rings. The van der Waals surface area contributed by atoms with E-state index in [1.807, 2.05) is 6.92 Å². The van der Waals surface area contributed by atoms with E-state index < -0.39 is 12.1 Å². The van der Waals surface area contributed by atoms with E-state index in [0.29, 0.717) is 20.8 Å². The smallest absolute Gasteiger partial charge is 0.349 e. The molecule has 0 bridgehead atoms. The van der Waals surface area contributed by atoms with E-state index in [4.69, 9.17) is 16.3 Å². The lowest BCUT2D eigenvalue weighted by Gasteiger charge is -2.15. The number of nitrogens with one attached hydrogen (secondary N) is 1. The first-order valence-corrected chi connectivity index (χ1v) is 7.88. The Labute approximate surface area is 142 Å². The van der Waals surface area contributed by atoms with Gasteiger partial charge in [0, 0.05) is 5.02 Å². The number of thiazole rings is 1. The number of anilines is 1. The fourth-order valence-electron chi connectivity index (χ4n) is 1.72. The third-order valence-corrected chi connectivity index (χ3v) is 4.06. The van der Waals surface area contributed by atoms with Crippen molar-refractivity contribution in [3.8, 4) is 5.75 Å². The van der Waals surface area contributed by atoms with Crippen LogP contribution in [0.2, 0.25) is 5.02 Å². The molecular formula is C15H15ClN2O4S. The van der Waals surface area contributed by atoms with Gasteiger partial charge in [0.15, 0.2) is 11.2 Å². The minimum Gasteiger partial charge on any atom is -0.481 e. The molecule has 8 heteroatoms. The summed E-state index contributed by atoms with van der Waals surface area (Å²) in [5.74, 6) is -0.291. The van der Waals surface area contributed by atoms with Crippen molar-refractivity contribution in [2.45, 2.75) is 20.0 Å². The summed E-state index contributed by atoms with van der Waals surface area (Å²) >= 11 is 6.92. The average molecular weight is 355 g/mol. The van der Waals surface area contributed by atoms with Crippen molar-refractivity contribution in [1.82, 2.24) is 4.98 Å². The van der Waals surface area contributed by atoms with Gasteiger partial charge in [-0.2, -0.15) is 0 Å². The lowest BCUT2D eigenvalue weighted by molar-refractivity contribution is -0.122. The number of amides is 1. The number of esters is 1. The van der Waals surface area contributed by atoms with Gasteiger partial charge >= 0.3 is 5.97 Å². The molecule has 1 heterocycles. The molecule has 1 aromatic carbocycles. The number of aromatic nitrogens is 1. The largest absolute Gasteiger partial charge is 0.481 e. The molecule has 0 fully saturated rings. The zero-order valence-electron chi connectivity index (χ0n) is 12.8. The highest BCUT2D eigenvalue weighted by Crippen LogP contribution is 2.23. The quantitative estimate of drug-likeness (QED) is 0.833. The molecule has 0 spiro atoms. The molecule has 23 heavy (non-hydrogen) atoms. The van der Waals surface area contributed by atoms with Crippen molar-refractivity contribution in [1.29, 1.82) is 0 Å². The Bertz CT molecular complexity index is 732. The van der Waals surface area contributed by atoms with Crippen molar-refractivity contribution >= 4 is 39.9 Å². The van der Waals surface area contributed by atoms with Gasteiger partial charge in [-0.15, -0.1) is 0 Å². The van der Waals surface area contributed by atoms with Crippen LogP contribution in [0.15, 0.2) is 24.4 Å². The average Bonchev–Trinajstić information content (AvgIpc) is 2.97. The van der Waals surface area contributed by atoms with Crippen LogP contribution in [0, 0.1) is 6.92 Å². The maximum atomic E-state index is 12.1. The molecule has 1 aromatic heterocycles. The van der Waals surface area contributed by atoms with Gasteiger partial charge in [-0.05, 0) is 37.6 Å². The van der Waals surface area contributed by atoms with Crippen molar-refractivity contribution in [2.75, 3.05) is 12.4 Å². The summed E-state index contributed by atoms with van der Waals surface area (Å²) in [6, 6.07) is 5.16. The Hall–Kier alpha value is -2.12. The highest BCUT2D eigenvalue weighted by atomic mass is 35.5. The number of nitrogens with zero attached hydrogens (tertiary/aromatic N) is 1. The monoisotopic (exact) mass is 354 g/mol. The van der Waals surface area contributed by atoms with E-state index in [9.17, 15) is 9.59 Å². The van der Waals surface area contributed by atoms with Crippen molar-refractivity contribution in [3.05, 3.63) is 39.9 Å². The van der Waals surface area contributed by atoms with Crippen LogP contribution < -0.4 is 10.1 Å². The van der Waals surface area contributed by atoms with E-state index in [1.54, 1.807) is 25.1 Å². The Morgan fingerprint density at radius 2 is 2.13 bits per heavy atom. The molecule has 1 unspecified atom stereocenters. The summed E-state index contributed by atoms with van der Waals surface area (Å²) < 4.78 is 10.2. The number of aryl methyl sites for hydroxylation is 1. The molecule has 6 nitrogen and oxygen atoms in total. The van der Waals surface area contributed by atoms with E-state index in [1.165, 1.54) is 13.3 Å². The summed E-state index contributed by atoms with van der Waals surface area (Å²) in [6.45, 7) is 3.47. The third kappa shape index (κ3) is 4.43. The summed E-state index contributed by atoms with van der Waals surface area (Å²) in [5, 5.41) is 3.51. The third-order valence-electron chi connectivity index (χ3n) is 2.93. The van der Waals surface area contributed by atoms with E-state index in [0.717, 1.165) is 16.9 Å². The zero-order chi connectivity index (χ0) is 17.0. The Balaban J connectivity index is 1.99. The SMILES string of the molecule is COC(=O)c1cnc(NC(=O)C(C)Oc2ccc(Cl)cc2C)s1. The summed E-state index contributed by atoms with van der Waals surface area (Å²) in [7, 11) is 1.28. The molecule has 122 valence electrons. The number of benzene rings is 1. The number of hydrogen-bond donors (Lipinski definition) is 1. The topological polar surface area (TPSA) is 77.5 Å². The van der Waals surface area contributed by atoms with E-state index >= 15 is 0 Å². The van der Waals surface area contributed by atoms with Crippen LogP contribution in [0.5, 0.6) is 5.75 Å². The van der Waals surface area contributed by atoms with Crippen LogP contribution in [0.3, 0.4) is 0 Å². The summed E-state index contributed by atoms with van der Waals surface area (Å²) in [6.07, 6.45) is 0.612. The first-order valence-electron chi connectivity index (χ1n) is 6.68. The van der Waals surface area contributed by atoms with Gasteiger partial charge in [-0.3, -0.25) is 10.1 Å². The second kappa shape index (κ2) is 7.43. The lowest BCUT2D eigenvalue weighted by Crippen LogP contribution is -2.30. The zero-order valence-corrected chi connectivity index (χ0v) is 14.3. The molecule has 0 aliphatic carbocycles. The normalized spacial score (nSPS) is 11.7. The molecule has 0 aliphatic heterocycles. The van der Waals surface area contributed by atoms with Gasteiger partial charge < -0.3 is 9.47 Å². The fourth-order valence-corrected chi connectivity index (χ4v) is 2.69. The van der Waals surface area contributed by atoms with Crippen LogP contribution in [0.1, 0.15) is 22.2 Å². The molecular weight excluding hydrogens is 340 g/mol. The molecule has 0 saturated heterocycles. The van der Waals surface area contributed by atoms with Gasteiger partial charge in [0.2, 0.25) is 0 Å². The maximum absolute atomic E-state index is 12.1. The van der Waals surface area contributed by atoms with Crippen LogP contribution in [0.4, 0.5) is 5.13 Å². The van der Waals surface area contributed by atoms with Crippen molar-refractivity contribution < 1.29 is 19.1 Å². The molecule has 0 aliphatic rings. The Kier molecular flexibility index (Phi) is 5.57. The predicted octanol–water partition coefficient (Wildman–Crippen LogP) is 3.30. The molecule has 1 amide bonds. The van der Waals surface area contributed by atoms with E-state index in [-0.39, 0.29) is 5.91 Å². The van der Waals surface area contributed by atoms with Crippen LogP contribution in [-0.2, 0) is 9.53 Å². The van der Waals surface area contributed by atoms with Crippen molar-refractivity contribution in [3.63, 3.8) is 0 Å². The Morgan fingerprint density at radius 1 is 1.39 bits per heavy atom. The van der Waals surface area contributed by atoms with Gasteiger partial charge in [-0.25, -0.2) is 9.78 Å². The highest BCUT2D eigenvalue weighted by Gasteiger charge is 2.18. The molecule has 2 rings (SSSR count). The Morgan fingerprint density at radius 3 is 2.78 bits per heavy atom. The number of carbonyl (C=O) groups is 2. The predicted molar refractivity (Wildman–Crippen MR) is 88.4 cm³/mol. The number of hydrogen-bond acceptors (Lipinski definition) is 6. The molecule has 1 N–H and O–H groups in total. The summed E-state index contributed by atoms with van der Waals surface area (Å²) in [5.41, 5.74) is 0.833. The van der Waals surface area contributed by atoms with Gasteiger partial charge in [0.1, 0.15) is 10.6 Å². The van der Waals surface area contributed by atoms with Crippen LogP contribution >= 0.6 is 22.9 Å². The molecule has 0 radical (unpaired) electrons. The number of rotatable bonds is 5. The van der Waals surface area contributed by atoms with Crippen LogP contribution in [0.25, 0.3) is 0 Å².